The predicted octanol–water partition coefficient (Wildman–Crippen LogP) is 3.66. The summed E-state index contributed by atoms with van der Waals surface area (Å²) in [6.07, 6.45) is 12.4. The first-order valence-corrected chi connectivity index (χ1v) is 9.39. The Balaban J connectivity index is 1.78. The molecule has 0 spiro atoms. The van der Waals surface area contributed by atoms with E-state index in [4.69, 9.17) is 11.6 Å². The summed E-state index contributed by atoms with van der Waals surface area (Å²) in [5.74, 6) is -0.465. The Bertz CT molecular complexity index is 734. The van der Waals surface area contributed by atoms with Crippen molar-refractivity contribution in [2.24, 2.45) is 5.92 Å². The number of likely N-dealkylation sites (tertiary alicyclic amines) is 1. The van der Waals surface area contributed by atoms with E-state index in [1.54, 1.807) is 42.5 Å². The number of piperidine rings is 1. The van der Waals surface area contributed by atoms with Gasteiger partial charge in [-0.1, -0.05) is 54.4 Å². The second-order valence-corrected chi connectivity index (χ2v) is 7.00. The molecule has 0 saturated carbocycles. The molecule has 5 heteroatoms. The van der Waals surface area contributed by atoms with E-state index >= 15 is 0 Å². The molecule has 1 heterocycles. The summed E-state index contributed by atoms with van der Waals surface area (Å²) >= 11 is 6.36. The first-order valence-electron chi connectivity index (χ1n) is 9.01. The quantitative estimate of drug-likeness (QED) is 0.804. The molecule has 1 fully saturated rings. The number of nitrogens with one attached hydrogen (secondary N) is 1. The molecular formula is C21H23ClN2O2. The van der Waals surface area contributed by atoms with E-state index < -0.39 is 0 Å². The zero-order chi connectivity index (χ0) is 18.4. The van der Waals surface area contributed by atoms with Crippen LogP contribution in [-0.2, 0) is 4.79 Å². The zero-order valence-corrected chi connectivity index (χ0v) is 15.4. The van der Waals surface area contributed by atoms with Crippen LogP contribution < -0.4 is 5.32 Å². The van der Waals surface area contributed by atoms with Crippen LogP contribution in [0.15, 0.2) is 65.9 Å². The minimum atomic E-state index is -0.277. The van der Waals surface area contributed by atoms with Gasteiger partial charge in [0.25, 0.3) is 5.91 Å². The van der Waals surface area contributed by atoms with Crippen molar-refractivity contribution in [2.45, 2.75) is 25.3 Å². The average molecular weight is 371 g/mol. The maximum atomic E-state index is 12.4. The molecule has 2 aliphatic rings. The van der Waals surface area contributed by atoms with Crippen LogP contribution in [0.25, 0.3) is 0 Å². The average Bonchev–Trinajstić information content (AvgIpc) is 2.68. The molecule has 1 N–H and O–H groups in total. The highest BCUT2D eigenvalue weighted by molar-refractivity contribution is 6.30. The molecule has 0 bridgehead atoms. The smallest absolute Gasteiger partial charge is 0.256 e. The van der Waals surface area contributed by atoms with E-state index in [9.17, 15) is 9.59 Å². The lowest BCUT2D eigenvalue weighted by atomic mass is 9.89. The van der Waals surface area contributed by atoms with Gasteiger partial charge in [0.05, 0.1) is 5.92 Å². The fourth-order valence-corrected chi connectivity index (χ4v) is 3.65. The molecule has 1 aromatic rings. The summed E-state index contributed by atoms with van der Waals surface area (Å²) in [6, 6.07) is 8.78. The summed E-state index contributed by atoms with van der Waals surface area (Å²) in [6.45, 7) is 1.86. The number of benzene rings is 1. The van der Waals surface area contributed by atoms with Crippen molar-refractivity contribution in [3.8, 4) is 0 Å². The molecule has 136 valence electrons. The molecule has 1 aromatic carbocycles. The third-order valence-electron chi connectivity index (χ3n) is 4.78. The minimum absolute atomic E-state index is 0.0678. The number of halogens is 1. The number of rotatable bonds is 5. The van der Waals surface area contributed by atoms with E-state index in [0.29, 0.717) is 5.56 Å². The lowest BCUT2D eigenvalue weighted by Crippen LogP contribution is -2.45. The highest BCUT2D eigenvalue weighted by atomic mass is 35.5. The standard InChI is InChI=1S/C21H23ClN2O2/c22-20(23-21(26)16-9-3-1-4-10-16)15-18(24-13-7-2-8-14-24)17-11-5-6-12-19(17)25/h1,3-6,9-12,15,17-18H,2,7-8,13-14H2,(H,23,26)/b20-15-. The van der Waals surface area contributed by atoms with Gasteiger partial charge in [0.15, 0.2) is 5.78 Å². The zero-order valence-electron chi connectivity index (χ0n) is 14.6. The van der Waals surface area contributed by atoms with Crippen molar-refractivity contribution in [1.29, 1.82) is 0 Å². The largest absolute Gasteiger partial charge is 0.313 e. The molecule has 0 radical (unpaired) electrons. The Labute approximate surface area is 159 Å². The molecule has 3 rings (SSSR count). The SMILES string of the molecule is O=C(N/C(Cl)=C\C(C1C=CC=CC1=O)N1CCCCC1)c1ccccc1. The minimum Gasteiger partial charge on any atom is -0.313 e. The summed E-state index contributed by atoms with van der Waals surface area (Å²) < 4.78 is 0. The van der Waals surface area contributed by atoms with Gasteiger partial charge in [0.1, 0.15) is 5.16 Å². The van der Waals surface area contributed by atoms with Gasteiger partial charge >= 0.3 is 0 Å². The Kier molecular flexibility index (Phi) is 6.42. The molecule has 1 amide bonds. The van der Waals surface area contributed by atoms with E-state index in [0.717, 1.165) is 25.9 Å². The fourth-order valence-electron chi connectivity index (χ4n) is 3.44. The van der Waals surface area contributed by atoms with Gasteiger partial charge < -0.3 is 5.32 Å². The van der Waals surface area contributed by atoms with Crippen LogP contribution in [0.1, 0.15) is 29.6 Å². The van der Waals surface area contributed by atoms with E-state index in [1.165, 1.54) is 6.42 Å². The summed E-state index contributed by atoms with van der Waals surface area (Å²) in [7, 11) is 0. The second kappa shape index (κ2) is 8.97. The first-order chi connectivity index (χ1) is 12.6. The van der Waals surface area contributed by atoms with Crippen LogP contribution >= 0.6 is 11.6 Å². The Morgan fingerprint density at radius 1 is 1.15 bits per heavy atom. The van der Waals surface area contributed by atoms with Gasteiger partial charge in [-0.05, 0) is 50.2 Å². The van der Waals surface area contributed by atoms with Crippen LogP contribution in [0.4, 0.5) is 0 Å². The number of carbonyl (C=O) groups is 2. The van der Waals surface area contributed by atoms with Gasteiger partial charge in [0.2, 0.25) is 0 Å². The van der Waals surface area contributed by atoms with Crippen molar-refractivity contribution in [3.63, 3.8) is 0 Å². The number of amides is 1. The van der Waals surface area contributed by atoms with Gasteiger partial charge in [-0.3, -0.25) is 14.5 Å². The van der Waals surface area contributed by atoms with Crippen LogP contribution in [0, 0.1) is 5.92 Å². The molecule has 1 saturated heterocycles. The number of carbonyl (C=O) groups excluding carboxylic acids is 2. The van der Waals surface area contributed by atoms with Crippen molar-refractivity contribution < 1.29 is 9.59 Å². The van der Waals surface area contributed by atoms with Crippen LogP contribution in [0.2, 0.25) is 0 Å². The first kappa shape index (κ1) is 18.6. The molecule has 1 aliphatic heterocycles. The van der Waals surface area contributed by atoms with Gasteiger partial charge in [-0.25, -0.2) is 0 Å². The van der Waals surface area contributed by atoms with E-state index in [-0.39, 0.29) is 28.8 Å². The van der Waals surface area contributed by atoms with Gasteiger partial charge in [0, 0.05) is 11.6 Å². The lowest BCUT2D eigenvalue weighted by Gasteiger charge is -2.36. The second-order valence-electron chi connectivity index (χ2n) is 6.59. The molecule has 0 aromatic heterocycles. The highest BCUT2D eigenvalue weighted by Gasteiger charge is 2.30. The maximum absolute atomic E-state index is 12.4. The lowest BCUT2D eigenvalue weighted by molar-refractivity contribution is -0.118. The van der Waals surface area contributed by atoms with Crippen LogP contribution in [0.3, 0.4) is 0 Å². The van der Waals surface area contributed by atoms with Gasteiger partial charge in [-0.15, -0.1) is 0 Å². The van der Waals surface area contributed by atoms with Crippen molar-refractivity contribution in [3.05, 3.63) is 71.4 Å². The molecule has 2 atom stereocenters. The number of allylic oxidation sites excluding steroid dienone is 3. The van der Waals surface area contributed by atoms with Gasteiger partial charge in [-0.2, -0.15) is 0 Å². The van der Waals surface area contributed by atoms with E-state index in [2.05, 4.69) is 10.2 Å². The van der Waals surface area contributed by atoms with Crippen molar-refractivity contribution >= 4 is 23.3 Å². The third kappa shape index (κ3) is 4.71. The van der Waals surface area contributed by atoms with Crippen LogP contribution in [-0.4, -0.2) is 35.7 Å². The monoisotopic (exact) mass is 370 g/mol. The Hall–Kier alpha value is -2.17. The number of hydrogen-bond acceptors (Lipinski definition) is 3. The maximum Gasteiger partial charge on any atom is 0.256 e. The molecule has 2 unspecified atom stereocenters. The molecule has 4 nitrogen and oxygen atoms in total. The molecule has 26 heavy (non-hydrogen) atoms. The van der Waals surface area contributed by atoms with Crippen molar-refractivity contribution in [1.82, 2.24) is 10.2 Å². The molecular weight excluding hydrogens is 348 g/mol. The normalized spacial score (nSPS) is 22.3. The third-order valence-corrected chi connectivity index (χ3v) is 5.01. The topological polar surface area (TPSA) is 49.4 Å². The summed E-state index contributed by atoms with van der Waals surface area (Å²) in [5, 5.41) is 2.98. The number of hydrogen-bond donors (Lipinski definition) is 1. The Morgan fingerprint density at radius 3 is 2.58 bits per heavy atom. The summed E-state index contributed by atoms with van der Waals surface area (Å²) in [5.41, 5.74) is 0.546. The molecule has 1 aliphatic carbocycles. The summed E-state index contributed by atoms with van der Waals surface area (Å²) in [4.78, 5) is 27.0. The highest BCUT2D eigenvalue weighted by Crippen LogP contribution is 2.24. The number of nitrogens with zero attached hydrogens (tertiary/aromatic N) is 1. The van der Waals surface area contributed by atoms with Crippen molar-refractivity contribution in [2.75, 3.05) is 13.1 Å². The fraction of sp³-hybridized carbons (Fsp3) is 0.333. The van der Waals surface area contributed by atoms with Crippen LogP contribution in [0.5, 0.6) is 0 Å². The van der Waals surface area contributed by atoms with E-state index in [1.807, 2.05) is 18.2 Å². The number of ketones is 1. The predicted molar refractivity (Wildman–Crippen MR) is 104 cm³/mol. The Morgan fingerprint density at radius 2 is 1.88 bits per heavy atom.